The van der Waals surface area contributed by atoms with Crippen LogP contribution in [-0.4, -0.2) is 32.3 Å². The molecule has 146 valence electrons. The number of amides is 1. The average molecular weight is 415 g/mol. The molecule has 1 saturated carbocycles. The van der Waals surface area contributed by atoms with Crippen LogP contribution in [0.3, 0.4) is 0 Å². The summed E-state index contributed by atoms with van der Waals surface area (Å²) >= 11 is 7.54. The third-order valence-electron chi connectivity index (χ3n) is 5.06. The lowest BCUT2D eigenvalue weighted by Crippen LogP contribution is -2.33. The minimum atomic E-state index is 0.0846. The van der Waals surface area contributed by atoms with Crippen molar-refractivity contribution in [1.82, 2.24) is 19.9 Å². The summed E-state index contributed by atoms with van der Waals surface area (Å²) in [7, 11) is 0. The van der Waals surface area contributed by atoms with E-state index >= 15 is 0 Å². The maximum atomic E-state index is 12.3. The first kappa shape index (κ1) is 19.3. The number of fused-ring (bicyclic) bond motifs is 1. The van der Waals surface area contributed by atoms with Crippen molar-refractivity contribution < 1.29 is 4.79 Å². The Morgan fingerprint density at radius 1 is 1.25 bits per heavy atom. The number of nitrogens with zero attached hydrogens (tertiary/aromatic N) is 3. The second kappa shape index (κ2) is 8.13. The largest absolute Gasteiger partial charge is 0.353 e. The van der Waals surface area contributed by atoms with Crippen LogP contribution in [0.2, 0.25) is 5.02 Å². The van der Waals surface area contributed by atoms with Crippen molar-refractivity contribution in [2.24, 2.45) is 0 Å². The second-order valence-corrected chi connectivity index (χ2v) is 8.71. The molecule has 1 N–H and O–H groups in total. The standard InChI is InChI=1S/C21H23ClN4OS/c1-13-11-19(28-12-18(27)24-17-5-3-4-6-17)26-21(23-13)20(14(2)25-26)15-7-9-16(22)10-8-15/h7-11,17H,3-6,12H2,1-2H3,(H,24,27). The maximum absolute atomic E-state index is 12.3. The highest BCUT2D eigenvalue weighted by molar-refractivity contribution is 7.99. The minimum absolute atomic E-state index is 0.0846. The number of thioether (sulfide) groups is 1. The topological polar surface area (TPSA) is 59.3 Å². The summed E-state index contributed by atoms with van der Waals surface area (Å²) in [5.74, 6) is 0.464. The number of hydrogen-bond donors (Lipinski definition) is 1. The van der Waals surface area contributed by atoms with Crippen LogP contribution in [0.4, 0.5) is 0 Å². The molecule has 1 amide bonds. The lowest BCUT2D eigenvalue weighted by molar-refractivity contribution is -0.119. The molecule has 28 heavy (non-hydrogen) atoms. The van der Waals surface area contributed by atoms with E-state index in [1.807, 2.05) is 48.7 Å². The Bertz CT molecular complexity index is 1010. The maximum Gasteiger partial charge on any atom is 0.230 e. The molecule has 4 rings (SSSR count). The van der Waals surface area contributed by atoms with Crippen LogP contribution in [0, 0.1) is 13.8 Å². The predicted molar refractivity (Wildman–Crippen MR) is 114 cm³/mol. The van der Waals surface area contributed by atoms with Gasteiger partial charge in [0.25, 0.3) is 0 Å². The van der Waals surface area contributed by atoms with Gasteiger partial charge in [-0.25, -0.2) is 9.50 Å². The normalized spacial score (nSPS) is 14.7. The quantitative estimate of drug-likeness (QED) is 0.480. The molecule has 0 bridgehead atoms. The van der Waals surface area contributed by atoms with E-state index in [4.69, 9.17) is 21.7 Å². The molecule has 5 nitrogen and oxygen atoms in total. The van der Waals surface area contributed by atoms with Crippen LogP contribution < -0.4 is 5.32 Å². The molecule has 1 fully saturated rings. The van der Waals surface area contributed by atoms with E-state index in [0.29, 0.717) is 16.8 Å². The first-order chi connectivity index (χ1) is 13.5. The highest BCUT2D eigenvalue weighted by atomic mass is 35.5. The van der Waals surface area contributed by atoms with Crippen LogP contribution in [-0.2, 0) is 4.79 Å². The summed E-state index contributed by atoms with van der Waals surface area (Å²) in [5, 5.41) is 9.47. The van der Waals surface area contributed by atoms with Crippen molar-refractivity contribution in [3.05, 3.63) is 46.7 Å². The average Bonchev–Trinajstić information content (AvgIpc) is 3.28. The molecule has 0 spiro atoms. The van der Waals surface area contributed by atoms with Gasteiger partial charge in [0.15, 0.2) is 5.65 Å². The number of aryl methyl sites for hydroxylation is 2. The first-order valence-electron chi connectivity index (χ1n) is 9.56. The number of carbonyl (C=O) groups is 1. The van der Waals surface area contributed by atoms with E-state index in [9.17, 15) is 4.79 Å². The van der Waals surface area contributed by atoms with E-state index in [2.05, 4.69) is 5.32 Å². The van der Waals surface area contributed by atoms with Crippen LogP contribution in [0.1, 0.15) is 37.1 Å². The van der Waals surface area contributed by atoms with E-state index in [1.54, 1.807) is 0 Å². The monoisotopic (exact) mass is 414 g/mol. The minimum Gasteiger partial charge on any atom is -0.353 e. The molecule has 7 heteroatoms. The van der Waals surface area contributed by atoms with Gasteiger partial charge in [-0.15, -0.1) is 0 Å². The second-order valence-electron chi connectivity index (χ2n) is 7.28. The molecule has 2 aromatic heterocycles. The van der Waals surface area contributed by atoms with Gasteiger partial charge in [-0.3, -0.25) is 4.79 Å². The molecule has 2 heterocycles. The Labute approximate surface area is 173 Å². The summed E-state index contributed by atoms with van der Waals surface area (Å²) in [5.41, 5.74) is 4.64. The van der Waals surface area contributed by atoms with Gasteiger partial charge < -0.3 is 5.32 Å². The molecule has 0 unspecified atom stereocenters. The van der Waals surface area contributed by atoms with Crippen LogP contribution in [0.25, 0.3) is 16.8 Å². The molecule has 1 aliphatic rings. The number of rotatable bonds is 5. The summed E-state index contributed by atoms with van der Waals surface area (Å²) in [6.45, 7) is 3.95. The third kappa shape index (κ3) is 4.03. The number of halogens is 1. The highest BCUT2D eigenvalue weighted by Gasteiger charge is 2.19. The fourth-order valence-corrected chi connectivity index (χ4v) is 4.74. The van der Waals surface area contributed by atoms with E-state index in [0.717, 1.165) is 46.0 Å². The number of benzene rings is 1. The summed E-state index contributed by atoms with van der Waals surface area (Å²) < 4.78 is 1.85. The zero-order valence-corrected chi connectivity index (χ0v) is 17.6. The van der Waals surface area contributed by atoms with Crippen molar-refractivity contribution in [3.63, 3.8) is 0 Å². The van der Waals surface area contributed by atoms with E-state index < -0.39 is 0 Å². The summed E-state index contributed by atoms with van der Waals surface area (Å²) in [4.78, 5) is 17.0. The lowest BCUT2D eigenvalue weighted by atomic mass is 10.1. The third-order valence-corrected chi connectivity index (χ3v) is 6.31. The zero-order valence-electron chi connectivity index (χ0n) is 16.0. The molecule has 0 atom stereocenters. The van der Waals surface area contributed by atoms with Crippen LogP contribution in [0.15, 0.2) is 35.4 Å². The summed E-state index contributed by atoms with van der Waals surface area (Å²) in [6.07, 6.45) is 4.61. The first-order valence-corrected chi connectivity index (χ1v) is 10.9. The van der Waals surface area contributed by atoms with Gasteiger partial charge in [0.05, 0.1) is 11.4 Å². The lowest BCUT2D eigenvalue weighted by Gasteiger charge is -2.12. The van der Waals surface area contributed by atoms with Crippen molar-refractivity contribution in [1.29, 1.82) is 0 Å². The molecule has 0 radical (unpaired) electrons. The van der Waals surface area contributed by atoms with Crippen molar-refractivity contribution in [2.45, 2.75) is 50.6 Å². The van der Waals surface area contributed by atoms with Gasteiger partial charge in [0.1, 0.15) is 5.03 Å². The molecule has 1 aliphatic carbocycles. The van der Waals surface area contributed by atoms with Gasteiger partial charge in [0.2, 0.25) is 5.91 Å². The van der Waals surface area contributed by atoms with Gasteiger partial charge in [-0.2, -0.15) is 5.10 Å². The van der Waals surface area contributed by atoms with E-state index in [-0.39, 0.29) is 5.91 Å². The fourth-order valence-electron chi connectivity index (χ4n) is 3.75. The predicted octanol–water partition coefficient (Wildman–Crippen LogP) is 4.82. The molecule has 3 aromatic rings. The van der Waals surface area contributed by atoms with Gasteiger partial charge in [-0.05, 0) is 50.5 Å². The number of carbonyl (C=O) groups excluding carboxylic acids is 1. The fraction of sp³-hybridized carbons (Fsp3) is 0.381. The number of aromatic nitrogens is 3. The molecular weight excluding hydrogens is 392 g/mol. The Morgan fingerprint density at radius 2 is 1.96 bits per heavy atom. The van der Waals surface area contributed by atoms with Crippen LogP contribution >= 0.6 is 23.4 Å². The Morgan fingerprint density at radius 3 is 2.68 bits per heavy atom. The summed E-state index contributed by atoms with van der Waals surface area (Å²) in [6, 6.07) is 10.0. The van der Waals surface area contributed by atoms with Crippen molar-refractivity contribution >= 4 is 34.9 Å². The Kier molecular flexibility index (Phi) is 5.60. The van der Waals surface area contributed by atoms with Crippen LogP contribution in [0.5, 0.6) is 0 Å². The Balaban J connectivity index is 1.61. The Hall–Kier alpha value is -2.05. The molecular formula is C21H23ClN4OS. The van der Waals surface area contributed by atoms with Gasteiger partial charge in [0, 0.05) is 22.3 Å². The van der Waals surface area contributed by atoms with Crippen molar-refractivity contribution in [3.8, 4) is 11.1 Å². The number of hydrogen-bond acceptors (Lipinski definition) is 4. The molecule has 1 aromatic carbocycles. The highest BCUT2D eigenvalue weighted by Crippen LogP contribution is 2.31. The van der Waals surface area contributed by atoms with Gasteiger partial charge >= 0.3 is 0 Å². The molecule has 0 aliphatic heterocycles. The zero-order chi connectivity index (χ0) is 19.7. The van der Waals surface area contributed by atoms with Gasteiger partial charge in [-0.1, -0.05) is 48.3 Å². The van der Waals surface area contributed by atoms with E-state index in [1.165, 1.54) is 24.6 Å². The smallest absolute Gasteiger partial charge is 0.230 e. The SMILES string of the molecule is Cc1cc(SCC(=O)NC2CCCC2)n2nc(C)c(-c3ccc(Cl)cc3)c2n1. The van der Waals surface area contributed by atoms with Crippen molar-refractivity contribution in [2.75, 3.05) is 5.75 Å². The number of nitrogens with one attached hydrogen (secondary N) is 1. The molecule has 0 saturated heterocycles.